The van der Waals surface area contributed by atoms with Gasteiger partial charge in [0.25, 0.3) is 0 Å². The molecule has 220 valence electrons. The van der Waals surface area contributed by atoms with E-state index in [0.717, 1.165) is 32.1 Å². The molecule has 2 N–H and O–H groups in total. The molecule has 1 aromatic rings. The fraction of sp³-hybridized carbons (Fsp3) is 0.643. The van der Waals surface area contributed by atoms with E-state index >= 15 is 0 Å². The lowest BCUT2D eigenvalue weighted by Gasteiger charge is -2.17. The van der Waals surface area contributed by atoms with Gasteiger partial charge in [-0.05, 0) is 50.3 Å². The lowest BCUT2D eigenvalue weighted by molar-refractivity contribution is -0.159. The van der Waals surface area contributed by atoms with Gasteiger partial charge in [0, 0.05) is 6.42 Å². The molecule has 0 aliphatic rings. The third kappa shape index (κ3) is 15.0. The zero-order valence-corrected chi connectivity index (χ0v) is 23.5. The zero-order valence-electron chi connectivity index (χ0n) is 23.5. The van der Waals surface area contributed by atoms with Crippen molar-refractivity contribution in [2.75, 3.05) is 19.8 Å². The molecule has 0 aliphatic heterocycles. The zero-order chi connectivity index (χ0) is 29.0. The topological polar surface area (TPSA) is 150 Å². The number of carbonyl (C=O) groups excluding carboxylic acids is 4. The fourth-order valence-electron chi connectivity index (χ4n) is 3.14. The number of carbonyl (C=O) groups is 4. The Labute approximate surface area is 230 Å². The van der Waals surface area contributed by atoms with E-state index in [1.54, 1.807) is 13.0 Å². The molecule has 0 saturated heterocycles. The third-order valence-corrected chi connectivity index (χ3v) is 5.37. The minimum absolute atomic E-state index is 0.0326. The molecule has 0 aliphatic carbocycles. The second-order valence-electron chi connectivity index (χ2n) is 9.09. The van der Waals surface area contributed by atoms with Crippen LogP contribution in [0.1, 0.15) is 84.6 Å². The fourth-order valence-corrected chi connectivity index (χ4v) is 3.14. The molecular weight excluding hydrogens is 510 g/mol. The molecule has 1 aromatic carbocycles. The summed E-state index contributed by atoms with van der Waals surface area (Å²) in [7, 11) is 0. The van der Waals surface area contributed by atoms with Crippen LogP contribution in [-0.2, 0) is 35.0 Å². The van der Waals surface area contributed by atoms with Crippen LogP contribution in [0.15, 0.2) is 18.2 Å². The first-order chi connectivity index (χ1) is 18.7. The van der Waals surface area contributed by atoms with Gasteiger partial charge in [-0.3, -0.25) is 9.59 Å². The van der Waals surface area contributed by atoms with E-state index in [4.69, 9.17) is 34.2 Å². The molecule has 11 heteroatoms. The summed E-state index contributed by atoms with van der Waals surface area (Å²) in [5.41, 5.74) is 6.55. The Balaban J connectivity index is 2.78. The van der Waals surface area contributed by atoms with Gasteiger partial charge in [-0.2, -0.15) is 0 Å². The van der Waals surface area contributed by atoms with Gasteiger partial charge in [0.05, 0.1) is 13.2 Å². The molecule has 1 rings (SSSR count). The van der Waals surface area contributed by atoms with Crippen molar-refractivity contribution >= 4 is 24.2 Å². The number of unbranched alkanes of at least 4 members (excludes halogenated alkanes) is 4. The van der Waals surface area contributed by atoms with Gasteiger partial charge in [-0.1, -0.05) is 52.5 Å². The Morgan fingerprint density at radius 2 is 1.38 bits per heavy atom. The van der Waals surface area contributed by atoms with Crippen molar-refractivity contribution < 1.29 is 47.6 Å². The summed E-state index contributed by atoms with van der Waals surface area (Å²) in [5, 5.41) is 0. The molecule has 0 radical (unpaired) electrons. The molecule has 0 saturated carbocycles. The molecule has 0 amide bonds. The Morgan fingerprint density at radius 3 is 1.97 bits per heavy atom. The largest absolute Gasteiger partial charge is 0.513 e. The van der Waals surface area contributed by atoms with E-state index in [2.05, 4.69) is 0 Å². The van der Waals surface area contributed by atoms with Crippen LogP contribution in [0.5, 0.6) is 11.5 Å². The van der Waals surface area contributed by atoms with Crippen LogP contribution in [0.3, 0.4) is 0 Å². The van der Waals surface area contributed by atoms with Crippen molar-refractivity contribution in [3.8, 4) is 11.5 Å². The second kappa shape index (κ2) is 19.7. The van der Waals surface area contributed by atoms with Gasteiger partial charge >= 0.3 is 24.2 Å². The van der Waals surface area contributed by atoms with Gasteiger partial charge in [0.1, 0.15) is 18.8 Å². The van der Waals surface area contributed by atoms with Crippen LogP contribution in [-0.4, -0.2) is 56.2 Å². The highest BCUT2D eigenvalue weighted by molar-refractivity contribution is 5.76. The average molecular weight is 554 g/mol. The monoisotopic (exact) mass is 553 g/mol. The van der Waals surface area contributed by atoms with Gasteiger partial charge in [-0.15, -0.1) is 0 Å². The molecule has 2 atom stereocenters. The van der Waals surface area contributed by atoms with Crippen molar-refractivity contribution in [1.29, 1.82) is 0 Å². The van der Waals surface area contributed by atoms with E-state index in [9.17, 15) is 19.2 Å². The van der Waals surface area contributed by atoms with Crippen molar-refractivity contribution in [1.82, 2.24) is 0 Å². The van der Waals surface area contributed by atoms with E-state index in [0.29, 0.717) is 24.8 Å². The normalized spacial score (nSPS) is 12.1. The van der Waals surface area contributed by atoms with Crippen molar-refractivity contribution in [3.63, 3.8) is 0 Å². The predicted octanol–water partition coefficient (Wildman–Crippen LogP) is 5.24. The smallest absolute Gasteiger partial charge is 0.462 e. The maximum Gasteiger partial charge on any atom is 0.513 e. The van der Waals surface area contributed by atoms with Crippen LogP contribution in [0.25, 0.3) is 0 Å². The highest BCUT2D eigenvalue weighted by Gasteiger charge is 2.22. The highest BCUT2D eigenvalue weighted by atomic mass is 16.7. The quantitative estimate of drug-likeness (QED) is 0.110. The predicted molar refractivity (Wildman–Crippen MR) is 143 cm³/mol. The molecule has 0 heterocycles. The van der Waals surface area contributed by atoms with Crippen molar-refractivity contribution in [2.45, 2.75) is 97.6 Å². The van der Waals surface area contributed by atoms with Crippen LogP contribution < -0.4 is 15.2 Å². The number of nitrogens with two attached hydrogens (primary N) is 1. The summed E-state index contributed by atoms with van der Waals surface area (Å²) >= 11 is 0. The van der Waals surface area contributed by atoms with E-state index in [-0.39, 0.29) is 43.7 Å². The maximum absolute atomic E-state index is 12.5. The minimum atomic E-state index is -1.05. The van der Waals surface area contributed by atoms with Crippen molar-refractivity contribution in [2.24, 2.45) is 5.73 Å². The van der Waals surface area contributed by atoms with Gasteiger partial charge < -0.3 is 34.2 Å². The molecule has 0 bridgehead atoms. The second-order valence-corrected chi connectivity index (χ2v) is 9.09. The SMILES string of the molecule is CCCCCC(=O)OC[C@H](C)OC(=O)[C@@H](N)Cc1ccc(OC(=O)OCCCC)c(OC(=O)OCCCC)c1. The standard InChI is InChI=1S/C28H43NO10/c1-5-8-11-12-25(30)36-19-20(4)37-26(31)22(29)17-21-13-14-23(38-27(32)34-15-9-6-2)24(18-21)39-28(33)35-16-10-7-3/h13-14,18,20,22H,5-12,15-17,19,29H2,1-4H3/t20-,22-/m0/s1. The number of hydrogen-bond donors (Lipinski definition) is 1. The molecular formula is C28H43NO10. The van der Waals surface area contributed by atoms with Crippen LogP contribution >= 0.6 is 0 Å². The molecule has 0 spiro atoms. The molecule has 0 unspecified atom stereocenters. The number of ether oxygens (including phenoxy) is 6. The number of hydrogen-bond acceptors (Lipinski definition) is 11. The van der Waals surface area contributed by atoms with E-state index in [1.807, 2.05) is 20.8 Å². The first kappa shape index (κ1) is 33.7. The lowest BCUT2D eigenvalue weighted by atomic mass is 10.1. The summed E-state index contributed by atoms with van der Waals surface area (Å²) in [6.45, 7) is 7.84. The summed E-state index contributed by atoms with van der Waals surface area (Å²) in [4.78, 5) is 48.4. The maximum atomic E-state index is 12.5. The average Bonchev–Trinajstić information content (AvgIpc) is 2.89. The minimum Gasteiger partial charge on any atom is -0.462 e. The highest BCUT2D eigenvalue weighted by Crippen LogP contribution is 2.30. The van der Waals surface area contributed by atoms with Crippen LogP contribution in [0.4, 0.5) is 9.59 Å². The molecule has 39 heavy (non-hydrogen) atoms. The Hall–Kier alpha value is -3.34. The first-order valence-corrected chi connectivity index (χ1v) is 13.6. The van der Waals surface area contributed by atoms with Crippen LogP contribution in [0.2, 0.25) is 0 Å². The number of benzene rings is 1. The first-order valence-electron chi connectivity index (χ1n) is 13.6. The van der Waals surface area contributed by atoms with Gasteiger partial charge in [0.15, 0.2) is 11.5 Å². The number of esters is 2. The van der Waals surface area contributed by atoms with Gasteiger partial charge in [-0.25, -0.2) is 9.59 Å². The Bertz CT molecular complexity index is 904. The molecule has 11 nitrogen and oxygen atoms in total. The molecule has 0 aromatic heterocycles. The summed E-state index contributed by atoms with van der Waals surface area (Å²) < 4.78 is 30.9. The Kier molecular flexibility index (Phi) is 17.0. The summed E-state index contributed by atoms with van der Waals surface area (Å²) in [6.07, 6.45) is 3.46. The summed E-state index contributed by atoms with van der Waals surface area (Å²) in [5.74, 6) is -1.18. The lowest BCUT2D eigenvalue weighted by Crippen LogP contribution is -2.37. The Morgan fingerprint density at radius 1 is 0.795 bits per heavy atom. The molecule has 0 fully saturated rings. The van der Waals surface area contributed by atoms with Crippen molar-refractivity contribution in [3.05, 3.63) is 23.8 Å². The van der Waals surface area contributed by atoms with Gasteiger partial charge in [0.2, 0.25) is 0 Å². The van der Waals surface area contributed by atoms with E-state index < -0.39 is 30.4 Å². The van der Waals surface area contributed by atoms with E-state index in [1.165, 1.54) is 12.1 Å². The van der Waals surface area contributed by atoms with Crippen LogP contribution in [0, 0.1) is 0 Å². The number of rotatable bonds is 18. The summed E-state index contributed by atoms with van der Waals surface area (Å²) in [6, 6.07) is 3.34. The third-order valence-electron chi connectivity index (χ3n) is 5.37.